The molecular weight excluding hydrogens is 396 g/mol. The SMILES string of the molecule is COc1ccc(COCC=C(C)[C@@H](O)[C@@H](C)C(=O)[C@H](C)OC(=O)c2ccccc2)cc1. The van der Waals surface area contributed by atoms with Crippen LogP contribution in [0.15, 0.2) is 66.2 Å². The molecule has 0 aromatic heterocycles. The molecule has 0 heterocycles. The van der Waals surface area contributed by atoms with Crippen LogP contribution < -0.4 is 4.74 Å². The Bertz CT molecular complexity index is 873. The Morgan fingerprint density at radius 1 is 1.03 bits per heavy atom. The Hall–Kier alpha value is -2.96. The molecule has 0 bridgehead atoms. The zero-order valence-corrected chi connectivity index (χ0v) is 18.4. The van der Waals surface area contributed by atoms with Crippen molar-refractivity contribution in [1.29, 1.82) is 0 Å². The largest absolute Gasteiger partial charge is 0.497 e. The first-order chi connectivity index (χ1) is 14.8. The van der Waals surface area contributed by atoms with Gasteiger partial charge in [-0.15, -0.1) is 0 Å². The van der Waals surface area contributed by atoms with Crippen molar-refractivity contribution in [1.82, 2.24) is 0 Å². The van der Waals surface area contributed by atoms with Crippen molar-refractivity contribution in [3.05, 3.63) is 77.4 Å². The summed E-state index contributed by atoms with van der Waals surface area (Å²) < 4.78 is 16.0. The van der Waals surface area contributed by atoms with Crippen molar-refractivity contribution in [2.24, 2.45) is 5.92 Å². The van der Waals surface area contributed by atoms with Gasteiger partial charge in [-0.2, -0.15) is 0 Å². The number of hydrogen-bond acceptors (Lipinski definition) is 6. The zero-order valence-electron chi connectivity index (χ0n) is 18.4. The van der Waals surface area contributed by atoms with Gasteiger partial charge >= 0.3 is 5.97 Å². The fraction of sp³-hybridized carbons (Fsp3) is 0.360. The Morgan fingerprint density at radius 3 is 2.29 bits per heavy atom. The van der Waals surface area contributed by atoms with Crippen LogP contribution in [0.5, 0.6) is 5.75 Å². The van der Waals surface area contributed by atoms with Gasteiger partial charge in [-0.25, -0.2) is 4.79 Å². The number of ketones is 1. The van der Waals surface area contributed by atoms with Gasteiger partial charge in [0, 0.05) is 5.92 Å². The summed E-state index contributed by atoms with van der Waals surface area (Å²) in [5.41, 5.74) is 2.00. The molecule has 31 heavy (non-hydrogen) atoms. The van der Waals surface area contributed by atoms with E-state index >= 15 is 0 Å². The third kappa shape index (κ3) is 7.35. The summed E-state index contributed by atoms with van der Waals surface area (Å²) in [4.78, 5) is 24.8. The smallest absolute Gasteiger partial charge is 0.338 e. The van der Waals surface area contributed by atoms with Crippen LogP contribution in [-0.2, 0) is 20.9 Å². The van der Waals surface area contributed by atoms with Gasteiger partial charge in [0.1, 0.15) is 5.75 Å². The number of carbonyl (C=O) groups excluding carboxylic acids is 2. The van der Waals surface area contributed by atoms with Gasteiger partial charge in [0.15, 0.2) is 11.9 Å². The topological polar surface area (TPSA) is 82.1 Å². The van der Waals surface area contributed by atoms with Gasteiger partial charge in [0.05, 0.1) is 32.0 Å². The van der Waals surface area contributed by atoms with Crippen LogP contribution in [0.25, 0.3) is 0 Å². The summed E-state index contributed by atoms with van der Waals surface area (Å²) in [6.07, 6.45) is -0.204. The molecular formula is C25H30O6. The molecule has 1 N–H and O–H groups in total. The summed E-state index contributed by atoms with van der Waals surface area (Å²) in [5.74, 6) is -0.854. The molecule has 3 atom stereocenters. The Labute approximate surface area is 183 Å². The number of ether oxygens (including phenoxy) is 3. The molecule has 2 rings (SSSR count). The van der Waals surface area contributed by atoms with E-state index in [-0.39, 0.29) is 5.78 Å². The molecule has 0 fully saturated rings. The van der Waals surface area contributed by atoms with Crippen LogP contribution in [0.2, 0.25) is 0 Å². The molecule has 2 aromatic rings. The Kier molecular flexibility index (Phi) is 9.43. The first-order valence-electron chi connectivity index (χ1n) is 10.2. The number of hydrogen-bond donors (Lipinski definition) is 1. The van der Waals surface area contributed by atoms with Crippen LogP contribution in [0, 0.1) is 5.92 Å². The van der Waals surface area contributed by atoms with E-state index in [4.69, 9.17) is 14.2 Å². The van der Waals surface area contributed by atoms with Crippen LogP contribution in [-0.4, -0.2) is 42.8 Å². The number of Topliss-reactive ketones (excluding diaryl/α,β-unsaturated/α-hetero) is 1. The van der Waals surface area contributed by atoms with Crippen LogP contribution in [0.3, 0.4) is 0 Å². The van der Waals surface area contributed by atoms with E-state index in [1.807, 2.05) is 24.3 Å². The minimum atomic E-state index is -0.991. The molecule has 0 spiro atoms. The van der Waals surface area contributed by atoms with Crippen LogP contribution in [0.1, 0.15) is 36.7 Å². The number of aliphatic hydroxyl groups excluding tert-OH is 1. The van der Waals surface area contributed by atoms with Crippen molar-refractivity contribution in [3.8, 4) is 5.75 Å². The number of esters is 1. The van der Waals surface area contributed by atoms with E-state index in [0.717, 1.165) is 11.3 Å². The molecule has 0 aliphatic carbocycles. The van der Waals surface area contributed by atoms with Gasteiger partial charge in [-0.1, -0.05) is 43.3 Å². The van der Waals surface area contributed by atoms with Crippen molar-refractivity contribution >= 4 is 11.8 Å². The molecule has 6 heteroatoms. The lowest BCUT2D eigenvalue weighted by atomic mass is 9.92. The molecule has 0 aliphatic rings. The maximum Gasteiger partial charge on any atom is 0.338 e. The lowest BCUT2D eigenvalue weighted by Crippen LogP contribution is -2.35. The molecule has 0 saturated carbocycles. The Morgan fingerprint density at radius 2 is 1.68 bits per heavy atom. The van der Waals surface area contributed by atoms with E-state index in [2.05, 4.69) is 0 Å². The average molecular weight is 427 g/mol. The molecule has 2 aromatic carbocycles. The third-order valence-corrected chi connectivity index (χ3v) is 5.03. The lowest BCUT2D eigenvalue weighted by Gasteiger charge is -2.22. The summed E-state index contributed by atoms with van der Waals surface area (Å²) in [7, 11) is 1.62. The van der Waals surface area contributed by atoms with E-state index in [1.165, 1.54) is 6.92 Å². The molecule has 0 saturated heterocycles. The maximum atomic E-state index is 12.6. The van der Waals surface area contributed by atoms with Gasteiger partial charge in [-0.3, -0.25) is 4.79 Å². The normalized spacial score (nSPS) is 14.4. The molecule has 6 nitrogen and oxygen atoms in total. The second-order valence-corrected chi connectivity index (χ2v) is 7.36. The van der Waals surface area contributed by atoms with Gasteiger partial charge in [-0.05, 0) is 49.2 Å². The fourth-order valence-electron chi connectivity index (χ4n) is 2.99. The van der Waals surface area contributed by atoms with Crippen molar-refractivity contribution in [3.63, 3.8) is 0 Å². The average Bonchev–Trinajstić information content (AvgIpc) is 2.81. The fourth-order valence-corrected chi connectivity index (χ4v) is 2.99. The van der Waals surface area contributed by atoms with Gasteiger partial charge in [0.25, 0.3) is 0 Å². The van der Waals surface area contributed by atoms with E-state index < -0.39 is 24.1 Å². The molecule has 0 aliphatic heterocycles. The molecule has 0 unspecified atom stereocenters. The summed E-state index contributed by atoms with van der Waals surface area (Å²) >= 11 is 0. The van der Waals surface area contributed by atoms with E-state index in [0.29, 0.717) is 24.4 Å². The highest BCUT2D eigenvalue weighted by atomic mass is 16.5. The second kappa shape index (κ2) is 12.0. The van der Waals surface area contributed by atoms with Gasteiger partial charge < -0.3 is 19.3 Å². The highest BCUT2D eigenvalue weighted by molar-refractivity contribution is 5.93. The second-order valence-electron chi connectivity index (χ2n) is 7.36. The first kappa shape index (κ1) is 24.3. The first-order valence-corrected chi connectivity index (χ1v) is 10.2. The minimum absolute atomic E-state index is 0.300. The van der Waals surface area contributed by atoms with E-state index in [9.17, 15) is 14.7 Å². The van der Waals surface area contributed by atoms with Crippen molar-refractivity contribution < 1.29 is 28.9 Å². The lowest BCUT2D eigenvalue weighted by molar-refractivity contribution is -0.133. The molecule has 0 radical (unpaired) electrons. The minimum Gasteiger partial charge on any atom is -0.497 e. The highest BCUT2D eigenvalue weighted by Gasteiger charge is 2.29. The summed E-state index contributed by atoms with van der Waals surface area (Å²) in [5, 5.41) is 10.5. The van der Waals surface area contributed by atoms with E-state index in [1.54, 1.807) is 57.4 Å². The predicted octanol–water partition coefficient (Wildman–Crippen LogP) is 3.97. The summed E-state index contributed by atoms with van der Waals surface area (Å²) in [6.45, 7) is 5.60. The third-order valence-electron chi connectivity index (χ3n) is 5.03. The van der Waals surface area contributed by atoms with Crippen LogP contribution >= 0.6 is 0 Å². The zero-order chi connectivity index (χ0) is 22.8. The number of carbonyl (C=O) groups is 2. The summed E-state index contributed by atoms with van der Waals surface area (Å²) in [6, 6.07) is 16.0. The molecule has 0 amide bonds. The monoisotopic (exact) mass is 426 g/mol. The predicted molar refractivity (Wildman–Crippen MR) is 118 cm³/mol. The van der Waals surface area contributed by atoms with Crippen LogP contribution in [0.4, 0.5) is 0 Å². The van der Waals surface area contributed by atoms with Crippen molar-refractivity contribution in [2.75, 3.05) is 13.7 Å². The maximum absolute atomic E-state index is 12.6. The number of aliphatic hydroxyl groups is 1. The Balaban J connectivity index is 1.82. The van der Waals surface area contributed by atoms with Crippen molar-refractivity contribution in [2.45, 2.75) is 39.6 Å². The standard InChI is InChI=1S/C25H30O6/c1-17(14-15-30-16-20-10-12-22(29-4)13-11-20)23(26)18(2)24(27)19(3)31-25(28)21-8-6-5-7-9-21/h5-14,18-19,23,26H,15-16H2,1-4H3/t18-,19+,23-/m1/s1. The molecule has 166 valence electrons. The number of rotatable bonds is 11. The quantitative estimate of drug-likeness (QED) is 0.333. The number of methoxy groups -OCH3 is 1. The highest BCUT2D eigenvalue weighted by Crippen LogP contribution is 2.17. The van der Waals surface area contributed by atoms with Gasteiger partial charge in [0.2, 0.25) is 0 Å². The number of benzene rings is 2.